The number of alkyl halides is 5. The van der Waals surface area contributed by atoms with Crippen molar-refractivity contribution in [1.29, 1.82) is 0 Å². The van der Waals surface area contributed by atoms with Crippen LogP contribution in [0.4, 0.5) is 22.0 Å². The number of esters is 1. The number of rotatable bonds is 5. The standard InChI is InChI=1S/C16H23F5O5S/c1-3-9-4-10-5-11(8-14(2,6-9)7-10)12(22)26-13(15(17,18)19)16(20,21)27(23,24)25/h9-11,13H,3-8H2,1-2H3,(H,23,24,25). The van der Waals surface area contributed by atoms with Crippen molar-refractivity contribution in [2.24, 2.45) is 23.2 Å². The van der Waals surface area contributed by atoms with Gasteiger partial charge in [-0.05, 0) is 49.4 Å². The molecule has 0 aromatic rings. The second-order valence-corrected chi connectivity index (χ2v) is 9.62. The maximum absolute atomic E-state index is 13.6. The average molecular weight is 422 g/mol. The normalized spacial score (nSPS) is 33.4. The van der Waals surface area contributed by atoms with Crippen LogP contribution in [0.1, 0.15) is 52.4 Å². The van der Waals surface area contributed by atoms with Gasteiger partial charge in [0.1, 0.15) is 0 Å². The largest absolute Gasteiger partial charge is 0.444 e. The maximum atomic E-state index is 13.6. The Labute approximate surface area is 154 Å². The van der Waals surface area contributed by atoms with Crippen LogP contribution in [0.2, 0.25) is 0 Å². The molecule has 5 atom stereocenters. The molecule has 2 fully saturated rings. The Hall–Kier alpha value is -0.970. The summed E-state index contributed by atoms with van der Waals surface area (Å²) < 4.78 is 99.8. The molecule has 5 unspecified atom stereocenters. The lowest BCUT2D eigenvalue weighted by Gasteiger charge is -2.48. The van der Waals surface area contributed by atoms with Crippen molar-refractivity contribution < 1.29 is 44.5 Å². The molecule has 0 radical (unpaired) electrons. The fraction of sp³-hybridized carbons (Fsp3) is 0.938. The first-order chi connectivity index (χ1) is 12.1. The molecule has 158 valence electrons. The molecule has 2 rings (SSSR count). The molecule has 0 saturated heterocycles. The Bertz CT molecular complexity index is 677. The van der Waals surface area contributed by atoms with Crippen LogP contribution in [0.25, 0.3) is 0 Å². The highest BCUT2D eigenvalue weighted by Crippen LogP contribution is 2.53. The number of carbonyl (C=O) groups is 1. The SMILES string of the molecule is CCC1CC2CC(C(=O)OC(C(F)(F)F)C(F)(F)S(=O)(=O)O)CC(C)(C1)C2. The van der Waals surface area contributed by atoms with E-state index < -0.39 is 39.5 Å². The molecule has 2 saturated carbocycles. The summed E-state index contributed by atoms with van der Waals surface area (Å²) >= 11 is 0. The molecule has 11 heteroatoms. The van der Waals surface area contributed by atoms with Crippen LogP contribution in [0.3, 0.4) is 0 Å². The lowest BCUT2D eigenvalue weighted by molar-refractivity contribution is -0.261. The molecular formula is C16H23F5O5S. The van der Waals surface area contributed by atoms with Gasteiger partial charge in [-0.25, -0.2) is 0 Å². The van der Waals surface area contributed by atoms with Crippen LogP contribution in [0.5, 0.6) is 0 Å². The van der Waals surface area contributed by atoms with E-state index in [4.69, 9.17) is 4.55 Å². The molecule has 2 bridgehead atoms. The van der Waals surface area contributed by atoms with Crippen LogP contribution < -0.4 is 0 Å². The Morgan fingerprint density at radius 2 is 1.78 bits per heavy atom. The number of ether oxygens (including phenoxy) is 1. The summed E-state index contributed by atoms with van der Waals surface area (Å²) in [5.41, 5.74) is -0.301. The Balaban J connectivity index is 2.20. The van der Waals surface area contributed by atoms with Crippen LogP contribution in [0, 0.1) is 23.2 Å². The van der Waals surface area contributed by atoms with E-state index in [0.29, 0.717) is 5.92 Å². The Morgan fingerprint density at radius 3 is 2.22 bits per heavy atom. The molecule has 2 aliphatic carbocycles. The maximum Gasteiger partial charge on any atom is 0.432 e. The fourth-order valence-corrected chi connectivity index (χ4v) is 5.16. The van der Waals surface area contributed by atoms with Gasteiger partial charge in [-0.1, -0.05) is 20.3 Å². The van der Waals surface area contributed by atoms with Gasteiger partial charge in [-0.3, -0.25) is 9.35 Å². The molecule has 1 N–H and O–H groups in total. The second-order valence-electron chi connectivity index (χ2n) is 8.13. The zero-order chi connectivity index (χ0) is 20.8. The van der Waals surface area contributed by atoms with Gasteiger partial charge in [-0.15, -0.1) is 0 Å². The lowest BCUT2D eigenvalue weighted by atomic mass is 9.57. The average Bonchev–Trinajstić information content (AvgIpc) is 2.47. The Morgan fingerprint density at radius 1 is 1.19 bits per heavy atom. The van der Waals surface area contributed by atoms with Crippen molar-refractivity contribution in [2.45, 2.75) is 69.9 Å². The van der Waals surface area contributed by atoms with E-state index in [1.165, 1.54) is 0 Å². The van der Waals surface area contributed by atoms with E-state index in [2.05, 4.69) is 4.74 Å². The summed E-state index contributed by atoms with van der Waals surface area (Å²) in [5, 5.41) is -5.69. The molecule has 0 heterocycles. The van der Waals surface area contributed by atoms with Crippen LogP contribution in [-0.2, 0) is 19.6 Å². The van der Waals surface area contributed by atoms with E-state index >= 15 is 0 Å². The van der Waals surface area contributed by atoms with E-state index in [1.54, 1.807) is 0 Å². The number of hydrogen-bond acceptors (Lipinski definition) is 4. The smallest absolute Gasteiger partial charge is 0.432 e. The third-order valence-corrected chi connectivity index (χ3v) is 6.58. The molecule has 0 spiro atoms. The summed E-state index contributed by atoms with van der Waals surface area (Å²) in [6.07, 6.45) is -6.38. The monoisotopic (exact) mass is 422 g/mol. The summed E-state index contributed by atoms with van der Waals surface area (Å²) in [5.74, 6) is -2.01. The number of carbonyl (C=O) groups excluding carboxylic acids is 1. The summed E-state index contributed by atoms with van der Waals surface area (Å²) in [4.78, 5) is 12.2. The van der Waals surface area contributed by atoms with Crippen molar-refractivity contribution >= 4 is 16.1 Å². The summed E-state index contributed by atoms with van der Waals surface area (Å²) in [6, 6.07) is 0. The molecule has 27 heavy (non-hydrogen) atoms. The fourth-order valence-electron chi connectivity index (χ4n) is 4.71. The van der Waals surface area contributed by atoms with E-state index in [1.807, 2.05) is 13.8 Å². The third-order valence-electron chi connectivity index (χ3n) is 5.68. The quantitative estimate of drug-likeness (QED) is 0.408. The van der Waals surface area contributed by atoms with Crippen LogP contribution >= 0.6 is 0 Å². The highest BCUT2D eigenvalue weighted by atomic mass is 32.2. The first-order valence-corrected chi connectivity index (χ1v) is 10.1. The van der Waals surface area contributed by atoms with Gasteiger partial charge in [0.2, 0.25) is 0 Å². The molecule has 0 amide bonds. The predicted octanol–water partition coefficient (Wildman–Crippen LogP) is 4.18. The lowest BCUT2D eigenvalue weighted by Crippen LogP contribution is -2.53. The van der Waals surface area contributed by atoms with Crippen molar-refractivity contribution in [3.8, 4) is 0 Å². The van der Waals surface area contributed by atoms with Crippen LogP contribution in [0.15, 0.2) is 0 Å². The number of fused-ring (bicyclic) bond motifs is 2. The second kappa shape index (κ2) is 7.13. The van der Waals surface area contributed by atoms with E-state index in [0.717, 1.165) is 25.7 Å². The number of hydrogen-bond donors (Lipinski definition) is 1. The molecule has 0 aromatic carbocycles. The minimum Gasteiger partial charge on any atom is -0.444 e. The predicted molar refractivity (Wildman–Crippen MR) is 84.4 cm³/mol. The molecule has 2 aliphatic rings. The highest BCUT2D eigenvalue weighted by molar-refractivity contribution is 7.86. The third kappa shape index (κ3) is 4.72. The molecule has 0 aliphatic heterocycles. The first-order valence-electron chi connectivity index (χ1n) is 8.71. The van der Waals surface area contributed by atoms with E-state index in [9.17, 15) is 35.2 Å². The van der Waals surface area contributed by atoms with Crippen molar-refractivity contribution in [1.82, 2.24) is 0 Å². The summed E-state index contributed by atoms with van der Waals surface area (Å²) in [6.45, 7) is 3.95. The zero-order valence-corrected chi connectivity index (χ0v) is 15.7. The zero-order valence-electron chi connectivity index (χ0n) is 14.9. The summed E-state index contributed by atoms with van der Waals surface area (Å²) in [7, 11) is -6.43. The van der Waals surface area contributed by atoms with Crippen LogP contribution in [-0.4, -0.2) is 36.5 Å². The Kier molecular flexibility index (Phi) is 5.89. The van der Waals surface area contributed by atoms with Gasteiger partial charge in [0.05, 0.1) is 5.92 Å². The minimum absolute atomic E-state index is 0.0754. The van der Waals surface area contributed by atoms with Crippen molar-refractivity contribution in [3.63, 3.8) is 0 Å². The van der Waals surface area contributed by atoms with Gasteiger partial charge in [-0.2, -0.15) is 30.4 Å². The van der Waals surface area contributed by atoms with Gasteiger partial charge in [0.15, 0.2) is 0 Å². The topological polar surface area (TPSA) is 80.7 Å². The van der Waals surface area contributed by atoms with Crippen molar-refractivity contribution in [2.75, 3.05) is 0 Å². The minimum atomic E-state index is -6.43. The molecule has 5 nitrogen and oxygen atoms in total. The van der Waals surface area contributed by atoms with Gasteiger partial charge < -0.3 is 4.74 Å². The van der Waals surface area contributed by atoms with Crippen molar-refractivity contribution in [3.05, 3.63) is 0 Å². The van der Waals surface area contributed by atoms with Gasteiger partial charge in [0.25, 0.3) is 6.10 Å². The van der Waals surface area contributed by atoms with Gasteiger partial charge in [0, 0.05) is 0 Å². The highest BCUT2D eigenvalue weighted by Gasteiger charge is 2.66. The number of halogens is 5. The van der Waals surface area contributed by atoms with Gasteiger partial charge >= 0.3 is 27.5 Å². The molecular weight excluding hydrogens is 399 g/mol. The first kappa shape index (κ1) is 22.3. The van der Waals surface area contributed by atoms with E-state index in [-0.39, 0.29) is 24.2 Å². The molecule has 0 aromatic heterocycles.